The Hall–Kier alpha value is -3.16. The van der Waals surface area contributed by atoms with Gasteiger partial charge in [-0.25, -0.2) is 4.39 Å². The molecule has 0 radical (unpaired) electrons. The Kier molecular flexibility index (Phi) is 5.31. The molecule has 0 bridgehead atoms. The Bertz CT molecular complexity index is 749. The number of amides is 1. The number of anilines is 2. The van der Waals surface area contributed by atoms with Gasteiger partial charge in [-0.2, -0.15) is 0 Å². The van der Waals surface area contributed by atoms with E-state index in [1.807, 2.05) is 0 Å². The first-order chi connectivity index (χ1) is 11.4. The van der Waals surface area contributed by atoms with Crippen LogP contribution in [-0.2, 0) is 4.79 Å². The van der Waals surface area contributed by atoms with Gasteiger partial charge in [0, 0.05) is 17.8 Å². The third-order valence-electron chi connectivity index (χ3n) is 3.27. The van der Waals surface area contributed by atoms with E-state index in [-0.39, 0.29) is 17.2 Å². The highest BCUT2D eigenvalue weighted by Crippen LogP contribution is 2.29. The first-order valence-electron chi connectivity index (χ1n) is 7.06. The fourth-order valence-corrected chi connectivity index (χ4v) is 2.01. The predicted octanol–water partition coefficient (Wildman–Crippen LogP) is 3.18. The van der Waals surface area contributed by atoms with Crippen LogP contribution in [0.15, 0.2) is 42.5 Å². The third kappa shape index (κ3) is 4.19. The van der Waals surface area contributed by atoms with Gasteiger partial charge in [0.1, 0.15) is 17.6 Å². The van der Waals surface area contributed by atoms with Crippen LogP contribution >= 0.6 is 0 Å². The number of nitrogens with zero attached hydrogens (tertiary/aromatic N) is 1. The summed E-state index contributed by atoms with van der Waals surface area (Å²) >= 11 is 0. The number of benzene rings is 2. The molecule has 0 aliphatic heterocycles. The van der Waals surface area contributed by atoms with Gasteiger partial charge in [-0.3, -0.25) is 14.9 Å². The molecule has 0 saturated heterocycles. The van der Waals surface area contributed by atoms with Gasteiger partial charge in [0.05, 0.1) is 17.7 Å². The molecule has 0 heterocycles. The van der Waals surface area contributed by atoms with Gasteiger partial charge in [0.25, 0.3) is 5.69 Å². The highest BCUT2D eigenvalue weighted by molar-refractivity contribution is 5.97. The Morgan fingerprint density at radius 1 is 1.25 bits per heavy atom. The largest absolute Gasteiger partial charge is 0.495 e. The molecule has 1 amide bonds. The van der Waals surface area contributed by atoms with E-state index in [4.69, 9.17) is 4.74 Å². The first kappa shape index (κ1) is 17.2. The van der Waals surface area contributed by atoms with Crippen LogP contribution < -0.4 is 15.4 Å². The highest BCUT2D eigenvalue weighted by Gasteiger charge is 2.17. The van der Waals surface area contributed by atoms with Crippen LogP contribution in [0.25, 0.3) is 0 Å². The van der Waals surface area contributed by atoms with E-state index in [0.29, 0.717) is 11.4 Å². The minimum Gasteiger partial charge on any atom is -0.495 e. The monoisotopic (exact) mass is 333 g/mol. The van der Waals surface area contributed by atoms with Crippen molar-refractivity contribution in [1.82, 2.24) is 0 Å². The molecule has 2 aromatic rings. The molecule has 0 aromatic heterocycles. The van der Waals surface area contributed by atoms with Crippen molar-refractivity contribution in [2.24, 2.45) is 0 Å². The molecular weight excluding hydrogens is 317 g/mol. The van der Waals surface area contributed by atoms with E-state index >= 15 is 0 Å². The average Bonchev–Trinajstić information content (AvgIpc) is 2.56. The molecule has 0 saturated carbocycles. The smallest absolute Gasteiger partial charge is 0.271 e. The molecule has 126 valence electrons. The predicted molar refractivity (Wildman–Crippen MR) is 87.8 cm³/mol. The van der Waals surface area contributed by atoms with Crippen LogP contribution in [0.5, 0.6) is 5.75 Å². The van der Waals surface area contributed by atoms with E-state index in [2.05, 4.69) is 10.6 Å². The van der Waals surface area contributed by atoms with E-state index in [1.165, 1.54) is 49.6 Å². The van der Waals surface area contributed by atoms with Gasteiger partial charge in [-0.1, -0.05) is 0 Å². The summed E-state index contributed by atoms with van der Waals surface area (Å²) in [6, 6.07) is 8.83. The van der Waals surface area contributed by atoms with Crippen LogP contribution in [-0.4, -0.2) is 24.0 Å². The number of hydrogen-bond donors (Lipinski definition) is 2. The summed E-state index contributed by atoms with van der Waals surface area (Å²) in [5.74, 6) is -0.486. The second kappa shape index (κ2) is 7.40. The quantitative estimate of drug-likeness (QED) is 0.625. The second-order valence-corrected chi connectivity index (χ2v) is 5.00. The van der Waals surface area contributed by atoms with Gasteiger partial charge in [-0.05, 0) is 37.3 Å². The van der Waals surface area contributed by atoms with Gasteiger partial charge in [0.15, 0.2) is 0 Å². The minimum absolute atomic E-state index is 0.162. The van der Waals surface area contributed by atoms with Crippen LogP contribution in [0.1, 0.15) is 6.92 Å². The van der Waals surface area contributed by atoms with Crippen LogP contribution in [0.3, 0.4) is 0 Å². The van der Waals surface area contributed by atoms with Crippen molar-refractivity contribution in [3.8, 4) is 5.75 Å². The topological polar surface area (TPSA) is 93.5 Å². The lowest BCUT2D eigenvalue weighted by molar-refractivity contribution is -0.384. The van der Waals surface area contributed by atoms with E-state index in [0.717, 1.165) is 0 Å². The SMILES string of the molecule is COc1ccc([N+](=O)[O-])cc1NC(=O)[C@H](C)Nc1ccc(F)cc1. The molecule has 7 nitrogen and oxygen atoms in total. The van der Waals surface area contributed by atoms with Crippen molar-refractivity contribution in [2.45, 2.75) is 13.0 Å². The summed E-state index contributed by atoms with van der Waals surface area (Å²) in [6.07, 6.45) is 0. The Labute approximate surface area is 137 Å². The van der Waals surface area contributed by atoms with Gasteiger partial charge >= 0.3 is 0 Å². The maximum Gasteiger partial charge on any atom is 0.271 e. The van der Waals surface area contributed by atoms with E-state index in [1.54, 1.807) is 6.92 Å². The van der Waals surface area contributed by atoms with Crippen molar-refractivity contribution >= 4 is 23.0 Å². The summed E-state index contributed by atoms with van der Waals surface area (Å²) in [7, 11) is 1.40. The molecule has 0 aliphatic rings. The molecular formula is C16H16FN3O4. The van der Waals surface area contributed by atoms with Crippen molar-refractivity contribution in [3.63, 3.8) is 0 Å². The molecule has 0 aliphatic carbocycles. The van der Waals surface area contributed by atoms with Crippen LogP contribution in [0.2, 0.25) is 0 Å². The number of ether oxygens (including phenoxy) is 1. The van der Waals surface area contributed by atoms with Crippen LogP contribution in [0, 0.1) is 15.9 Å². The normalized spacial score (nSPS) is 11.5. The number of carbonyl (C=O) groups is 1. The lowest BCUT2D eigenvalue weighted by Crippen LogP contribution is -2.32. The second-order valence-electron chi connectivity index (χ2n) is 5.00. The molecule has 8 heteroatoms. The van der Waals surface area contributed by atoms with Gasteiger partial charge < -0.3 is 15.4 Å². The fourth-order valence-electron chi connectivity index (χ4n) is 2.01. The zero-order chi connectivity index (χ0) is 17.7. The van der Waals surface area contributed by atoms with E-state index < -0.39 is 16.9 Å². The van der Waals surface area contributed by atoms with Crippen molar-refractivity contribution in [3.05, 3.63) is 58.4 Å². The molecule has 2 rings (SSSR count). The zero-order valence-electron chi connectivity index (χ0n) is 13.1. The first-order valence-corrected chi connectivity index (χ1v) is 7.06. The molecule has 2 aromatic carbocycles. The lowest BCUT2D eigenvalue weighted by atomic mass is 10.2. The summed E-state index contributed by atoms with van der Waals surface area (Å²) in [4.78, 5) is 22.5. The number of rotatable bonds is 6. The Balaban J connectivity index is 2.11. The third-order valence-corrected chi connectivity index (χ3v) is 3.27. The van der Waals surface area contributed by atoms with Crippen molar-refractivity contribution in [2.75, 3.05) is 17.7 Å². The average molecular weight is 333 g/mol. The Morgan fingerprint density at radius 2 is 1.92 bits per heavy atom. The van der Waals surface area contributed by atoms with Crippen LogP contribution in [0.4, 0.5) is 21.5 Å². The molecule has 1 atom stereocenters. The minimum atomic E-state index is -0.653. The Morgan fingerprint density at radius 3 is 2.50 bits per heavy atom. The molecule has 2 N–H and O–H groups in total. The maximum atomic E-state index is 12.9. The fraction of sp³-hybridized carbons (Fsp3) is 0.188. The van der Waals surface area contributed by atoms with Crippen molar-refractivity contribution in [1.29, 1.82) is 0 Å². The van der Waals surface area contributed by atoms with E-state index in [9.17, 15) is 19.3 Å². The number of halogens is 1. The zero-order valence-corrected chi connectivity index (χ0v) is 13.1. The van der Waals surface area contributed by atoms with Gasteiger partial charge in [-0.15, -0.1) is 0 Å². The number of hydrogen-bond acceptors (Lipinski definition) is 5. The van der Waals surface area contributed by atoms with Crippen molar-refractivity contribution < 1.29 is 18.8 Å². The standard InChI is InChI=1S/C16H16FN3O4/c1-10(18-12-5-3-11(17)4-6-12)16(21)19-14-9-13(20(22)23)7-8-15(14)24-2/h3-10,18H,1-2H3,(H,19,21)/t10-/m0/s1. The summed E-state index contributed by atoms with van der Waals surface area (Å²) in [5.41, 5.74) is 0.611. The summed E-state index contributed by atoms with van der Waals surface area (Å²) < 4.78 is 18.0. The summed E-state index contributed by atoms with van der Waals surface area (Å²) in [6.45, 7) is 1.61. The number of non-ortho nitro benzene ring substituents is 1. The highest BCUT2D eigenvalue weighted by atomic mass is 19.1. The lowest BCUT2D eigenvalue weighted by Gasteiger charge is -2.16. The van der Waals surface area contributed by atoms with Gasteiger partial charge in [0.2, 0.25) is 5.91 Å². The number of nitro groups is 1. The number of carbonyl (C=O) groups excluding carboxylic acids is 1. The number of nitro benzene ring substituents is 1. The number of methoxy groups -OCH3 is 1. The maximum absolute atomic E-state index is 12.9. The summed E-state index contributed by atoms with van der Waals surface area (Å²) in [5, 5.41) is 16.3. The molecule has 24 heavy (non-hydrogen) atoms. The molecule has 0 unspecified atom stereocenters. The molecule has 0 spiro atoms. The molecule has 0 fully saturated rings. The number of nitrogens with one attached hydrogen (secondary N) is 2.